The molecule has 1 aromatic carbocycles. The Morgan fingerprint density at radius 3 is 2.70 bits per heavy atom. The maximum atomic E-state index is 12.6. The molecule has 0 saturated carbocycles. The minimum Gasteiger partial charge on any atom is -0.486 e. The van der Waals surface area contributed by atoms with Gasteiger partial charge < -0.3 is 9.47 Å². The summed E-state index contributed by atoms with van der Waals surface area (Å²) in [6.07, 6.45) is 1.70. The molecule has 0 aliphatic carbocycles. The van der Waals surface area contributed by atoms with Crippen LogP contribution in [-0.4, -0.2) is 36.4 Å². The SMILES string of the molecule is Cn1nc(CNS(=O)(=O)c2ccc3c(c2)OCCO3)cc1-c1ccccn1. The van der Waals surface area contributed by atoms with E-state index < -0.39 is 10.0 Å². The number of sulfonamides is 1. The number of pyridine rings is 1. The fourth-order valence-electron chi connectivity index (χ4n) is 2.81. The first-order valence-electron chi connectivity index (χ1n) is 8.36. The van der Waals surface area contributed by atoms with Crippen LogP contribution < -0.4 is 14.2 Å². The molecule has 1 N–H and O–H groups in total. The molecule has 27 heavy (non-hydrogen) atoms. The Kier molecular flexibility index (Phi) is 4.54. The summed E-state index contributed by atoms with van der Waals surface area (Å²) in [5.41, 5.74) is 2.18. The topological polar surface area (TPSA) is 95.3 Å². The van der Waals surface area contributed by atoms with E-state index in [1.807, 2.05) is 24.3 Å². The van der Waals surface area contributed by atoms with Crippen LogP contribution >= 0.6 is 0 Å². The number of aryl methyl sites for hydroxylation is 1. The van der Waals surface area contributed by atoms with Gasteiger partial charge in [-0.05, 0) is 30.3 Å². The smallest absolute Gasteiger partial charge is 0.241 e. The molecule has 2 aromatic heterocycles. The Bertz CT molecular complexity index is 1060. The van der Waals surface area contributed by atoms with E-state index in [1.165, 1.54) is 12.1 Å². The predicted octanol–water partition coefficient (Wildman–Crippen LogP) is 1.73. The summed E-state index contributed by atoms with van der Waals surface area (Å²) in [6.45, 7) is 0.918. The Hall–Kier alpha value is -2.91. The number of nitrogens with zero attached hydrogens (tertiary/aromatic N) is 3. The van der Waals surface area contributed by atoms with Crippen LogP contribution in [0.3, 0.4) is 0 Å². The van der Waals surface area contributed by atoms with Gasteiger partial charge in [0, 0.05) is 19.3 Å². The highest BCUT2D eigenvalue weighted by Crippen LogP contribution is 2.32. The summed E-state index contributed by atoms with van der Waals surface area (Å²) in [6, 6.07) is 12.0. The minimum atomic E-state index is -3.71. The van der Waals surface area contributed by atoms with Gasteiger partial charge in [-0.3, -0.25) is 9.67 Å². The molecule has 0 bridgehead atoms. The number of aromatic nitrogens is 3. The van der Waals surface area contributed by atoms with E-state index in [0.717, 1.165) is 11.4 Å². The summed E-state index contributed by atoms with van der Waals surface area (Å²) in [5, 5.41) is 4.36. The lowest BCUT2D eigenvalue weighted by Gasteiger charge is -2.18. The van der Waals surface area contributed by atoms with E-state index in [4.69, 9.17) is 9.47 Å². The molecule has 3 aromatic rings. The van der Waals surface area contributed by atoms with Crippen molar-refractivity contribution >= 4 is 10.0 Å². The van der Waals surface area contributed by atoms with Gasteiger partial charge in [-0.25, -0.2) is 13.1 Å². The van der Waals surface area contributed by atoms with E-state index in [2.05, 4.69) is 14.8 Å². The van der Waals surface area contributed by atoms with Crippen molar-refractivity contribution in [1.29, 1.82) is 0 Å². The van der Waals surface area contributed by atoms with Crippen LogP contribution in [0.2, 0.25) is 0 Å². The van der Waals surface area contributed by atoms with Crippen LogP contribution in [0.15, 0.2) is 53.6 Å². The van der Waals surface area contributed by atoms with Crippen LogP contribution in [0.1, 0.15) is 5.69 Å². The zero-order valence-electron chi connectivity index (χ0n) is 14.6. The predicted molar refractivity (Wildman–Crippen MR) is 97.9 cm³/mol. The summed E-state index contributed by atoms with van der Waals surface area (Å²) >= 11 is 0. The largest absolute Gasteiger partial charge is 0.486 e. The van der Waals surface area contributed by atoms with Crippen molar-refractivity contribution in [2.75, 3.05) is 13.2 Å². The summed E-state index contributed by atoms with van der Waals surface area (Å²) < 4.78 is 40.3. The standard InChI is InChI=1S/C18H18N4O4S/c1-22-16(15-4-2-3-7-19-15)10-13(21-22)12-20-27(23,24)14-5-6-17-18(11-14)26-9-8-25-17/h2-7,10-11,20H,8-9,12H2,1H3. The molecule has 3 heterocycles. The molecular weight excluding hydrogens is 368 g/mol. The molecule has 0 amide bonds. The van der Waals surface area contributed by atoms with Crippen LogP contribution in [0, 0.1) is 0 Å². The van der Waals surface area contributed by atoms with E-state index in [0.29, 0.717) is 30.4 Å². The highest BCUT2D eigenvalue weighted by atomic mass is 32.2. The number of hydrogen-bond acceptors (Lipinski definition) is 6. The van der Waals surface area contributed by atoms with E-state index >= 15 is 0 Å². The Balaban J connectivity index is 1.51. The molecular formula is C18H18N4O4S. The van der Waals surface area contributed by atoms with Crippen molar-refractivity contribution in [1.82, 2.24) is 19.5 Å². The molecule has 0 unspecified atom stereocenters. The normalized spacial score (nSPS) is 13.5. The Morgan fingerprint density at radius 1 is 1.11 bits per heavy atom. The first-order valence-corrected chi connectivity index (χ1v) is 9.85. The third-order valence-electron chi connectivity index (χ3n) is 4.12. The highest BCUT2D eigenvalue weighted by Gasteiger charge is 2.20. The molecule has 9 heteroatoms. The van der Waals surface area contributed by atoms with E-state index in [-0.39, 0.29) is 11.4 Å². The number of nitrogens with one attached hydrogen (secondary N) is 1. The lowest BCUT2D eigenvalue weighted by molar-refractivity contribution is 0.171. The van der Waals surface area contributed by atoms with Gasteiger partial charge in [0.2, 0.25) is 10.0 Å². The third kappa shape index (κ3) is 3.64. The average Bonchev–Trinajstić information content (AvgIpc) is 3.07. The van der Waals surface area contributed by atoms with Gasteiger partial charge in [0.25, 0.3) is 0 Å². The molecule has 0 atom stereocenters. The monoisotopic (exact) mass is 386 g/mol. The molecule has 140 valence electrons. The van der Waals surface area contributed by atoms with Crippen LogP contribution in [0.4, 0.5) is 0 Å². The zero-order chi connectivity index (χ0) is 18.9. The highest BCUT2D eigenvalue weighted by molar-refractivity contribution is 7.89. The van der Waals surface area contributed by atoms with Gasteiger partial charge in [-0.15, -0.1) is 0 Å². The molecule has 0 fully saturated rings. The number of hydrogen-bond donors (Lipinski definition) is 1. The Labute approximate surface area is 156 Å². The van der Waals surface area contributed by atoms with Gasteiger partial charge in [0.1, 0.15) is 13.2 Å². The number of ether oxygens (including phenoxy) is 2. The minimum absolute atomic E-state index is 0.0669. The average molecular weight is 386 g/mol. The van der Waals surface area contributed by atoms with Crippen molar-refractivity contribution in [3.05, 3.63) is 54.4 Å². The summed E-state index contributed by atoms with van der Waals surface area (Å²) in [7, 11) is -1.92. The van der Waals surface area contributed by atoms with Gasteiger partial charge in [0.15, 0.2) is 11.5 Å². The molecule has 0 spiro atoms. The molecule has 0 saturated heterocycles. The molecule has 1 aliphatic heterocycles. The first-order chi connectivity index (χ1) is 13.0. The number of benzene rings is 1. The van der Waals surface area contributed by atoms with Crippen LogP contribution in [-0.2, 0) is 23.6 Å². The fourth-order valence-corrected chi connectivity index (χ4v) is 3.82. The summed E-state index contributed by atoms with van der Waals surface area (Å²) in [5.74, 6) is 0.976. The molecule has 8 nitrogen and oxygen atoms in total. The van der Waals surface area contributed by atoms with Gasteiger partial charge in [-0.2, -0.15) is 5.10 Å². The third-order valence-corrected chi connectivity index (χ3v) is 5.52. The fraction of sp³-hybridized carbons (Fsp3) is 0.222. The second-order valence-electron chi connectivity index (χ2n) is 5.99. The van der Waals surface area contributed by atoms with E-state index in [9.17, 15) is 8.42 Å². The number of rotatable bonds is 5. The van der Waals surface area contributed by atoms with Gasteiger partial charge in [0.05, 0.1) is 28.5 Å². The van der Waals surface area contributed by atoms with Crippen LogP contribution in [0.25, 0.3) is 11.4 Å². The second-order valence-corrected chi connectivity index (χ2v) is 7.76. The van der Waals surface area contributed by atoms with Gasteiger partial charge >= 0.3 is 0 Å². The maximum Gasteiger partial charge on any atom is 0.241 e. The van der Waals surface area contributed by atoms with Crippen molar-refractivity contribution in [2.24, 2.45) is 7.05 Å². The lowest BCUT2D eigenvalue weighted by atomic mass is 10.2. The first kappa shape index (κ1) is 17.5. The quantitative estimate of drug-likeness (QED) is 0.718. The van der Waals surface area contributed by atoms with Crippen molar-refractivity contribution < 1.29 is 17.9 Å². The van der Waals surface area contributed by atoms with E-state index in [1.54, 1.807) is 24.0 Å². The van der Waals surface area contributed by atoms with Crippen molar-refractivity contribution in [3.63, 3.8) is 0 Å². The van der Waals surface area contributed by atoms with Crippen molar-refractivity contribution in [3.8, 4) is 22.9 Å². The number of fused-ring (bicyclic) bond motifs is 1. The van der Waals surface area contributed by atoms with Gasteiger partial charge in [-0.1, -0.05) is 6.07 Å². The molecule has 1 aliphatic rings. The maximum absolute atomic E-state index is 12.6. The van der Waals surface area contributed by atoms with Crippen LogP contribution in [0.5, 0.6) is 11.5 Å². The zero-order valence-corrected chi connectivity index (χ0v) is 15.4. The van der Waals surface area contributed by atoms with Crippen molar-refractivity contribution in [2.45, 2.75) is 11.4 Å². The lowest BCUT2D eigenvalue weighted by Crippen LogP contribution is -2.24. The molecule has 0 radical (unpaired) electrons. The second kappa shape index (κ2) is 7.01. The summed E-state index contributed by atoms with van der Waals surface area (Å²) in [4.78, 5) is 4.41. The Morgan fingerprint density at radius 2 is 1.93 bits per heavy atom. The molecule has 4 rings (SSSR count).